The Kier molecular flexibility index (Phi) is 9.29. The Morgan fingerprint density at radius 2 is 1.96 bits per heavy atom. The lowest BCUT2D eigenvalue weighted by Gasteiger charge is -2.26. The van der Waals surface area contributed by atoms with E-state index in [0.29, 0.717) is 37.3 Å². The molecule has 47 heavy (non-hydrogen) atoms. The number of carboxylic acids is 1. The van der Waals surface area contributed by atoms with Gasteiger partial charge < -0.3 is 24.8 Å². The molecule has 0 bridgehead atoms. The van der Waals surface area contributed by atoms with Crippen molar-refractivity contribution >= 4 is 40.0 Å². The molecule has 3 heterocycles. The average molecular weight is 661 g/mol. The predicted molar refractivity (Wildman–Crippen MR) is 181 cm³/mol. The Morgan fingerprint density at radius 1 is 1.17 bits per heavy atom. The summed E-state index contributed by atoms with van der Waals surface area (Å²) >= 11 is 1.54. The van der Waals surface area contributed by atoms with Crippen molar-refractivity contribution < 1.29 is 29.0 Å². The molecule has 0 radical (unpaired) electrons. The molecule has 11 heteroatoms. The zero-order valence-electron chi connectivity index (χ0n) is 27.7. The summed E-state index contributed by atoms with van der Waals surface area (Å²) < 4.78 is 12.4. The zero-order chi connectivity index (χ0) is 33.5. The van der Waals surface area contributed by atoms with Crippen molar-refractivity contribution in [2.24, 2.45) is 17.8 Å². The van der Waals surface area contributed by atoms with Gasteiger partial charge in [-0.05, 0) is 63.0 Å². The van der Waals surface area contributed by atoms with Crippen LogP contribution in [0.3, 0.4) is 0 Å². The lowest BCUT2D eigenvalue weighted by Crippen LogP contribution is -2.49. The number of nitrogens with one attached hydrogen (secondary N) is 1. The molecule has 2 aromatic heterocycles. The van der Waals surface area contributed by atoms with E-state index in [9.17, 15) is 19.5 Å². The van der Waals surface area contributed by atoms with Crippen molar-refractivity contribution in [3.8, 4) is 22.2 Å². The van der Waals surface area contributed by atoms with Crippen molar-refractivity contribution in [2.75, 3.05) is 20.7 Å². The Labute approximate surface area is 279 Å². The molecule has 0 spiro atoms. The van der Waals surface area contributed by atoms with Crippen LogP contribution in [0, 0.1) is 17.8 Å². The molecule has 2 aliphatic carbocycles. The molecule has 2 saturated carbocycles. The highest BCUT2D eigenvalue weighted by molar-refractivity contribution is 7.13. The van der Waals surface area contributed by atoms with Gasteiger partial charge in [0.05, 0.1) is 30.2 Å². The third kappa shape index (κ3) is 6.34. The molecule has 0 saturated heterocycles. The summed E-state index contributed by atoms with van der Waals surface area (Å²) in [7, 11) is 3.43. The lowest BCUT2D eigenvalue weighted by molar-refractivity contribution is -0.145. The fourth-order valence-electron chi connectivity index (χ4n) is 7.08. The van der Waals surface area contributed by atoms with Gasteiger partial charge in [-0.15, -0.1) is 11.3 Å². The molecular weight excluding hydrogens is 616 g/mol. The summed E-state index contributed by atoms with van der Waals surface area (Å²) in [5.41, 5.74) is 2.08. The molecule has 1 aliphatic heterocycles. The van der Waals surface area contributed by atoms with Gasteiger partial charge in [-0.3, -0.25) is 9.59 Å². The number of hydrogen-bond acceptors (Lipinski definition) is 8. The number of ether oxygens (including phenoxy) is 2. The predicted octanol–water partition coefficient (Wildman–Crippen LogP) is 5.98. The molecule has 2 amide bonds. The number of aromatic nitrogens is 2. The number of nitrogens with zero attached hydrogens (tertiary/aromatic N) is 3. The minimum atomic E-state index is -1.33. The maximum atomic E-state index is 13.9. The number of hydrogen-bond donors (Lipinski definition) is 2. The Balaban J connectivity index is 1.36. The fraction of sp³-hybridized carbons (Fsp3) is 0.528. The average Bonchev–Trinajstić information content (AvgIpc) is 3.36. The van der Waals surface area contributed by atoms with Crippen LogP contribution in [0.2, 0.25) is 0 Å². The number of fused-ring (bicyclic) bond motifs is 3. The van der Waals surface area contributed by atoms with Gasteiger partial charge in [0.1, 0.15) is 33.8 Å². The van der Waals surface area contributed by atoms with E-state index >= 15 is 0 Å². The van der Waals surface area contributed by atoms with Gasteiger partial charge in [0.2, 0.25) is 11.8 Å². The van der Waals surface area contributed by atoms with Crippen molar-refractivity contribution in [1.29, 1.82) is 0 Å². The zero-order valence-corrected chi connectivity index (χ0v) is 28.6. The number of methoxy groups -OCH3 is 1. The molecule has 3 aliphatic rings. The first-order valence-corrected chi connectivity index (χ1v) is 17.5. The van der Waals surface area contributed by atoms with Crippen molar-refractivity contribution in [1.82, 2.24) is 20.2 Å². The Morgan fingerprint density at radius 3 is 2.66 bits per heavy atom. The topological polar surface area (TPSA) is 131 Å². The van der Waals surface area contributed by atoms with E-state index in [-0.39, 0.29) is 24.2 Å². The number of aryl methyl sites for hydroxylation is 1. The molecule has 250 valence electrons. The van der Waals surface area contributed by atoms with Crippen LogP contribution < -0.4 is 14.8 Å². The van der Waals surface area contributed by atoms with Crippen molar-refractivity contribution in [3.05, 3.63) is 47.0 Å². The molecule has 3 aromatic rings. The number of thiazole rings is 1. The molecule has 6 rings (SSSR count). The molecule has 1 aromatic carbocycles. The van der Waals surface area contributed by atoms with Gasteiger partial charge in [-0.2, -0.15) is 0 Å². The van der Waals surface area contributed by atoms with Crippen LogP contribution in [-0.4, -0.2) is 70.1 Å². The molecule has 10 nitrogen and oxygen atoms in total. The summed E-state index contributed by atoms with van der Waals surface area (Å²) in [6.45, 7) is 6.87. The highest BCUT2D eigenvalue weighted by atomic mass is 32.1. The third-order valence-corrected chi connectivity index (χ3v) is 10.9. The first-order valence-electron chi connectivity index (χ1n) is 16.7. The summed E-state index contributed by atoms with van der Waals surface area (Å²) in [6.07, 6.45) is 7.67. The number of amides is 2. The summed E-state index contributed by atoms with van der Waals surface area (Å²) in [4.78, 5) is 51.7. The normalized spacial score (nSPS) is 26.5. The van der Waals surface area contributed by atoms with Gasteiger partial charge in [0.25, 0.3) is 0 Å². The Hall–Kier alpha value is -3.99. The number of carboxylic acid groups (broad SMARTS) is 1. The first kappa shape index (κ1) is 32.9. The van der Waals surface area contributed by atoms with Crippen LogP contribution >= 0.6 is 11.3 Å². The number of carbonyl (C=O) groups is 3. The number of benzene rings is 1. The van der Waals surface area contributed by atoms with Crippen LogP contribution in [0.1, 0.15) is 76.5 Å². The van der Waals surface area contributed by atoms with Crippen molar-refractivity contribution in [2.45, 2.75) is 83.3 Å². The number of carbonyl (C=O) groups excluding carboxylic acids is 2. The van der Waals surface area contributed by atoms with Crippen molar-refractivity contribution in [3.63, 3.8) is 0 Å². The third-order valence-electron chi connectivity index (χ3n) is 9.98. The van der Waals surface area contributed by atoms with Crippen LogP contribution in [0.5, 0.6) is 11.5 Å². The van der Waals surface area contributed by atoms with Crippen LogP contribution in [0.15, 0.2) is 35.7 Å². The second kappa shape index (κ2) is 13.3. The quantitative estimate of drug-likeness (QED) is 0.296. The molecular formula is C36H44N4O6S. The summed E-state index contributed by atoms with van der Waals surface area (Å²) in [5.74, 6) is -1.53. The van der Waals surface area contributed by atoms with E-state index in [4.69, 9.17) is 19.4 Å². The van der Waals surface area contributed by atoms with Gasteiger partial charge in [-0.25, -0.2) is 14.8 Å². The number of allylic oxidation sites excluding steroid dienone is 1. The molecule has 5 atom stereocenters. The monoisotopic (exact) mass is 660 g/mol. The molecule has 0 unspecified atom stereocenters. The number of aliphatic carboxylic acids is 1. The SMILES string of the molecule is CCc1c(OC)ccc2c(O[C@@H]3C[C@H]4C(=O)N[C@]5(C(=O)O)C[C@H]5C=CCCCCN(C)C(=O)[C@@H]4C3)cc(-c3nc(C(C)C)cs3)nc12. The van der Waals surface area contributed by atoms with E-state index in [0.717, 1.165) is 52.2 Å². The van der Waals surface area contributed by atoms with E-state index in [2.05, 4.69) is 31.5 Å². The highest BCUT2D eigenvalue weighted by Crippen LogP contribution is 2.47. The summed E-state index contributed by atoms with van der Waals surface area (Å²) in [6, 6.07) is 5.76. The second-order valence-electron chi connectivity index (χ2n) is 13.4. The van der Waals surface area contributed by atoms with Crippen LogP contribution in [0.4, 0.5) is 0 Å². The first-order chi connectivity index (χ1) is 22.6. The van der Waals surface area contributed by atoms with Gasteiger partial charge in [0.15, 0.2) is 0 Å². The minimum absolute atomic E-state index is 0.108. The maximum absolute atomic E-state index is 13.9. The lowest BCUT2D eigenvalue weighted by atomic mass is 9.93. The van der Waals surface area contributed by atoms with Gasteiger partial charge in [0, 0.05) is 41.9 Å². The molecule has 2 fully saturated rings. The van der Waals surface area contributed by atoms with Gasteiger partial charge in [-0.1, -0.05) is 32.9 Å². The molecule has 2 N–H and O–H groups in total. The summed E-state index contributed by atoms with van der Waals surface area (Å²) in [5, 5.41) is 16.6. The Bertz CT molecular complexity index is 1720. The number of pyridine rings is 1. The minimum Gasteiger partial charge on any atom is -0.496 e. The van der Waals surface area contributed by atoms with E-state index in [1.54, 1.807) is 19.1 Å². The largest absolute Gasteiger partial charge is 0.496 e. The van der Waals surface area contributed by atoms with Gasteiger partial charge >= 0.3 is 5.97 Å². The fourth-order valence-corrected chi connectivity index (χ4v) is 8.02. The van der Waals surface area contributed by atoms with Crippen LogP contribution in [-0.2, 0) is 20.8 Å². The maximum Gasteiger partial charge on any atom is 0.330 e. The van der Waals surface area contributed by atoms with E-state index < -0.39 is 35.4 Å². The smallest absolute Gasteiger partial charge is 0.330 e. The highest BCUT2D eigenvalue weighted by Gasteiger charge is 2.61. The number of rotatable bonds is 7. The second-order valence-corrected chi connectivity index (χ2v) is 14.3. The van der Waals surface area contributed by atoms with E-state index in [1.807, 2.05) is 30.4 Å². The van der Waals surface area contributed by atoms with Crippen LogP contribution in [0.25, 0.3) is 21.6 Å². The standard InChI is InChI=1S/C36H44N4O6S/c1-6-23-29(45-5)13-12-24-30(17-27(37-31(23)24)33-38-28(19-47-33)20(2)3)46-22-15-25-26(16-22)34(42)40(4)14-10-8-7-9-11-21-18-36(21,35(43)44)39-32(25)41/h9,11-13,17,19-22,25-26H,6-8,10,14-16,18H2,1-5H3,(H,39,41)(H,43,44)/t21-,22-,25-,26-,36-/m1/s1. The van der Waals surface area contributed by atoms with E-state index in [1.165, 1.54) is 11.3 Å².